The van der Waals surface area contributed by atoms with Crippen LogP contribution in [-0.2, 0) is 0 Å². The molecule has 1 N–H and O–H groups in total. The van der Waals surface area contributed by atoms with Crippen LogP contribution in [0.4, 0.5) is 5.82 Å². The lowest BCUT2D eigenvalue weighted by Crippen LogP contribution is -2.34. The number of allylic oxidation sites excluding steroid dienone is 2. The molecule has 3 rings (SSSR count). The lowest BCUT2D eigenvalue weighted by atomic mass is 10.2. The number of nitrogens with zero attached hydrogens (tertiary/aromatic N) is 2. The molecule has 0 amide bonds. The lowest BCUT2D eigenvalue weighted by Gasteiger charge is -2.28. The molecule has 2 aliphatic rings. The third-order valence-corrected chi connectivity index (χ3v) is 2.62. The Morgan fingerprint density at radius 1 is 1.50 bits per heavy atom. The van der Waals surface area contributed by atoms with Crippen molar-refractivity contribution < 1.29 is 4.74 Å². The number of aromatic amines is 1. The first-order valence-corrected chi connectivity index (χ1v) is 5.21. The molecule has 0 saturated heterocycles. The van der Waals surface area contributed by atoms with Gasteiger partial charge in [0.2, 0.25) is 0 Å². The van der Waals surface area contributed by atoms with Gasteiger partial charge >= 0.3 is 0 Å². The third kappa shape index (κ3) is 1.57. The van der Waals surface area contributed by atoms with Crippen molar-refractivity contribution in [3.05, 3.63) is 41.5 Å². The largest absolute Gasteiger partial charge is 0.486 e. The van der Waals surface area contributed by atoms with Gasteiger partial charge in [-0.3, -0.25) is 5.10 Å². The Balaban J connectivity index is 1.81. The molecule has 0 unspecified atom stereocenters. The Kier molecular flexibility index (Phi) is 2.15. The van der Waals surface area contributed by atoms with Gasteiger partial charge in [-0.15, -0.1) is 0 Å². The van der Waals surface area contributed by atoms with Crippen molar-refractivity contribution in [1.29, 1.82) is 0 Å². The summed E-state index contributed by atoms with van der Waals surface area (Å²) in [4.78, 5) is 2.22. The summed E-state index contributed by atoms with van der Waals surface area (Å²) in [5.74, 6) is 1.79. The molecule has 0 bridgehead atoms. The van der Waals surface area contributed by atoms with Gasteiger partial charge in [0.15, 0.2) is 11.6 Å². The van der Waals surface area contributed by atoms with E-state index < -0.39 is 0 Å². The Bertz CT molecular complexity index is 528. The van der Waals surface area contributed by atoms with E-state index in [4.69, 9.17) is 4.74 Å². The van der Waals surface area contributed by atoms with Crippen LogP contribution in [0.3, 0.4) is 0 Å². The van der Waals surface area contributed by atoms with E-state index in [9.17, 15) is 0 Å². The fraction of sp³-hybridized carbons (Fsp3) is 0.250. The number of H-pyrrole nitrogens is 1. The van der Waals surface area contributed by atoms with Gasteiger partial charge in [-0.2, -0.15) is 5.10 Å². The normalized spacial score (nSPS) is 17.0. The highest BCUT2D eigenvalue weighted by Gasteiger charge is 2.20. The summed E-state index contributed by atoms with van der Waals surface area (Å²) >= 11 is 0. The first kappa shape index (κ1) is 9.10. The maximum Gasteiger partial charge on any atom is 0.181 e. The van der Waals surface area contributed by atoms with Crippen LogP contribution in [-0.4, -0.2) is 29.9 Å². The van der Waals surface area contributed by atoms with Crippen LogP contribution in [0.2, 0.25) is 0 Å². The minimum Gasteiger partial charge on any atom is -0.486 e. The van der Waals surface area contributed by atoms with Crippen LogP contribution >= 0.6 is 0 Å². The van der Waals surface area contributed by atoms with Crippen LogP contribution in [0.5, 0.6) is 5.75 Å². The average molecular weight is 213 g/mol. The van der Waals surface area contributed by atoms with Crippen LogP contribution in [0, 0.1) is 0 Å². The van der Waals surface area contributed by atoms with Crippen LogP contribution in [0.15, 0.2) is 41.5 Å². The number of anilines is 1. The smallest absolute Gasteiger partial charge is 0.181 e. The summed E-state index contributed by atoms with van der Waals surface area (Å²) < 4.78 is 5.48. The molecular formula is C12H11N3O. The van der Waals surface area contributed by atoms with Gasteiger partial charge in [0.05, 0.1) is 12.7 Å². The summed E-state index contributed by atoms with van der Waals surface area (Å²) in [6.07, 6.45) is 7.59. The predicted molar refractivity (Wildman–Crippen MR) is 60.5 cm³/mol. The van der Waals surface area contributed by atoms with E-state index in [0.717, 1.165) is 24.7 Å². The van der Waals surface area contributed by atoms with Gasteiger partial charge in [0.25, 0.3) is 0 Å². The lowest BCUT2D eigenvalue weighted by molar-refractivity contribution is 0.309. The van der Waals surface area contributed by atoms with Gasteiger partial charge in [0, 0.05) is 6.54 Å². The van der Waals surface area contributed by atoms with Crippen molar-refractivity contribution in [2.75, 3.05) is 24.6 Å². The molecule has 0 radical (unpaired) electrons. The summed E-state index contributed by atoms with van der Waals surface area (Å²) in [6.45, 7) is 2.41. The van der Waals surface area contributed by atoms with Gasteiger partial charge in [-0.1, -0.05) is 11.5 Å². The fourth-order valence-electron chi connectivity index (χ4n) is 1.83. The molecule has 1 aromatic heterocycles. The number of hydrogen-bond donors (Lipinski definition) is 1. The van der Waals surface area contributed by atoms with Gasteiger partial charge < -0.3 is 9.64 Å². The molecule has 0 saturated carbocycles. The Morgan fingerprint density at radius 2 is 2.50 bits per heavy atom. The van der Waals surface area contributed by atoms with Gasteiger partial charge in [0.1, 0.15) is 6.61 Å². The van der Waals surface area contributed by atoms with Crippen molar-refractivity contribution >= 4 is 5.82 Å². The average Bonchev–Trinajstić information content (AvgIpc) is 2.80. The van der Waals surface area contributed by atoms with E-state index in [1.807, 2.05) is 18.2 Å². The van der Waals surface area contributed by atoms with E-state index in [-0.39, 0.29) is 0 Å². The third-order valence-electron chi connectivity index (χ3n) is 2.62. The Morgan fingerprint density at radius 3 is 3.38 bits per heavy atom. The Labute approximate surface area is 93.2 Å². The molecule has 16 heavy (non-hydrogen) atoms. The zero-order valence-corrected chi connectivity index (χ0v) is 8.73. The van der Waals surface area contributed by atoms with Crippen LogP contribution < -0.4 is 9.64 Å². The molecule has 0 atom stereocenters. The molecule has 2 heterocycles. The summed E-state index contributed by atoms with van der Waals surface area (Å²) in [7, 11) is 0. The first-order valence-electron chi connectivity index (χ1n) is 5.21. The number of fused-ring (bicyclic) bond motifs is 1. The van der Waals surface area contributed by atoms with E-state index >= 15 is 0 Å². The standard InChI is InChI=1S/C12H11N3O/c1-2-4-10(5-3-1)9-15-6-7-16-11-8-13-14-12(11)15/h2,4-5,8H,6-7,9H2,(H,13,14). The summed E-state index contributed by atoms with van der Waals surface area (Å²) in [6, 6.07) is 0. The zero-order chi connectivity index (χ0) is 10.8. The molecule has 0 aromatic carbocycles. The quantitative estimate of drug-likeness (QED) is 0.755. The molecule has 1 aliphatic carbocycles. The molecule has 0 fully saturated rings. The van der Waals surface area contributed by atoms with Crippen molar-refractivity contribution in [3.63, 3.8) is 0 Å². The number of nitrogens with one attached hydrogen (secondary N) is 1. The van der Waals surface area contributed by atoms with Crippen LogP contribution in [0.25, 0.3) is 0 Å². The first-order chi connectivity index (χ1) is 7.93. The SMILES string of the molecule is C1=C=CC(CN2CCOc3cn[nH]c32)=CC=1. The monoisotopic (exact) mass is 213 g/mol. The summed E-state index contributed by atoms with van der Waals surface area (Å²) in [5.41, 5.74) is 7.06. The number of rotatable bonds is 2. The van der Waals surface area contributed by atoms with Crippen molar-refractivity contribution in [1.82, 2.24) is 10.2 Å². The highest BCUT2D eigenvalue weighted by atomic mass is 16.5. The molecular weight excluding hydrogens is 202 g/mol. The number of ether oxygens (including phenoxy) is 1. The second-order valence-electron chi connectivity index (χ2n) is 3.69. The number of hydrogen-bond acceptors (Lipinski definition) is 3. The molecule has 1 aromatic rings. The minimum absolute atomic E-state index is 0.704. The Hall–Kier alpha value is -2.15. The second kappa shape index (κ2) is 3.78. The highest BCUT2D eigenvalue weighted by molar-refractivity contribution is 5.54. The van der Waals surface area contributed by atoms with Crippen molar-refractivity contribution in [2.45, 2.75) is 0 Å². The molecule has 80 valence electrons. The van der Waals surface area contributed by atoms with Crippen molar-refractivity contribution in [2.24, 2.45) is 0 Å². The highest BCUT2D eigenvalue weighted by Crippen LogP contribution is 2.28. The molecule has 1 aliphatic heterocycles. The topological polar surface area (TPSA) is 41.1 Å². The van der Waals surface area contributed by atoms with Crippen molar-refractivity contribution in [3.8, 4) is 5.75 Å². The predicted octanol–water partition coefficient (Wildman–Crippen LogP) is 1.41. The van der Waals surface area contributed by atoms with E-state index in [2.05, 4.69) is 26.6 Å². The van der Waals surface area contributed by atoms with E-state index in [1.54, 1.807) is 6.20 Å². The van der Waals surface area contributed by atoms with Gasteiger partial charge in [-0.25, -0.2) is 0 Å². The maximum absolute atomic E-state index is 5.48. The van der Waals surface area contributed by atoms with E-state index in [0.29, 0.717) is 6.61 Å². The fourth-order valence-corrected chi connectivity index (χ4v) is 1.83. The number of aromatic nitrogens is 2. The van der Waals surface area contributed by atoms with E-state index in [1.165, 1.54) is 5.57 Å². The minimum atomic E-state index is 0.704. The molecule has 0 spiro atoms. The second-order valence-corrected chi connectivity index (χ2v) is 3.69. The molecule has 4 heteroatoms. The van der Waals surface area contributed by atoms with Crippen LogP contribution in [0.1, 0.15) is 0 Å². The van der Waals surface area contributed by atoms with Gasteiger partial charge in [-0.05, 0) is 23.8 Å². The maximum atomic E-state index is 5.48. The zero-order valence-electron chi connectivity index (χ0n) is 8.73. The summed E-state index contributed by atoms with van der Waals surface area (Å²) in [5, 5.41) is 6.95. The molecule has 4 nitrogen and oxygen atoms in total.